The number of pyridine rings is 2. The van der Waals surface area contributed by atoms with E-state index in [4.69, 9.17) is 19.1 Å². The number of fused-ring (bicyclic) bond motifs is 1. The zero-order valence-electron chi connectivity index (χ0n) is 23.3. The lowest BCUT2D eigenvalue weighted by molar-refractivity contribution is -0.0394. The van der Waals surface area contributed by atoms with E-state index in [1.807, 2.05) is 29.1 Å². The van der Waals surface area contributed by atoms with Crippen molar-refractivity contribution in [2.24, 2.45) is 0 Å². The maximum Gasteiger partial charge on any atom is 0.299 e. The number of nitrogens with one attached hydrogen (secondary N) is 1. The van der Waals surface area contributed by atoms with E-state index in [1.54, 1.807) is 12.3 Å². The van der Waals surface area contributed by atoms with Crippen LogP contribution >= 0.6 is 0 Å². The first-order valence-electron chi connectivity index (χ1n) is 15.0. The summed E-state index contributed by atoms with van der Waals surface area (Å²) in [5.74, 6) is 0.430. The third-order valence-electron chi connectivity index (χ3n) is 8.21. The van der Waals surface area contributed by atoms with Crippen LogP contribution in [0.25, 0.3) is 22.5 Å². The van der Waals surface area contributed by atoms with Crippen molar-refractivity contribution in [2.45, 2.75) is 64.0 Å². The van der Waals surface area contributed by atoms with Gasteiger partial charge in [0.25, 0.3) is 11.9 Å². The Kier molecular flexibility index (Phi) is 7.26. The summed E-state index contributed by atoms with van der Waals surface area (Å²) in [7, 11) is 0. The van der Waals surface area contributed by atoms with E-state index in [0.29, 0.717) is 34.3 Å². The van der Waals surface area contributed by atoms with Crippen molar-refractivity contribution < 1.29 is 13.9 Å². The maximum absolute atomic E-state index is 13.6. The number of nitrogens with zero attached hydrogens (tertiary/aromatic N) is 7. The van der Waals surface area contributed by atoms with E-state index in [0.717, 1.165) is 89.1 Å². The van der Waals surface area contributed by atoms with Crippen molar-refractivity contribution in [1.82, 2.24) is 24.7 Å². The number of carbonyl (C=O) groups is 1. The molecule has 0 bridgehead atoms. The molecule has 11 heteroatoms. The summed E-state index contributed by atoms with van der Waals surface area (Å²) >= 11 is 0. The van der Waals surface area contributed by atoms with Gasteiger partial charge in [-0.2, -0.15) is 10.1 Å². The van der Waals surface area contributed by atoms with E-state index in [9.17, 15) is 4.79 Å². The minimum Gasteiger partial charge on any atom is -0.422 e. The minimum atomic E-state index is -0.301. The lowest BCUT2D eigenvalue weighted by atomic mass is 10.1. The Morgan fingerprint density at radius 2 is 1.71 bits per heavy atom. The lowest BCUT2D eigenvalue weighted by Gasteiger charge is -2.29. The summed E-state index contributed by atoms with van der Waals surface area (Å²) in [4.78, 5) is 32.3. The SMILES string of the molecule is O=C(Nc1cc2oc(N3CCCCC3)nc2nc1N1CCCCC1)c1cccc(-c2cnn(C3CCCCO3)c2)n1. The lowest BCUT2D eigenvalue weighted by Crippen LogP contribution is -2.31. The number of rotatable bonds is 6. The van der Waals surface area contributed by atoms with Crippen LogP contribution in [0.4, 0.5) is 17.5 Å². The average Bonchev–Trinajstić information content (AvgIpc) is 3.70. The molecule has 3 aliphatic rings. The highest BCUT2D eigenvalue weighted by atomic mass is 16.5. The number of aromatic nitrogens is 5. The summed E-state index contributed by atoms with van der Waals surface area (Å²) in [6.45, 7) is 4.40. The van der Waals surface area contributed by atoms with E-state index in [2.05, 4.69) is 25.2 Å². The number of hydrogen-bond donors (Lipinski definition) is 1. The molecule has 214 valence electrons. The van der Waals surface area contributed by atoms with Gasteiger partial charge in [-0.15, -0.1) is 0 Å². The second-order valence-corrected chi connectivity index (χ2v) is 11.2. The first-order valence-corrected chi connectivity index (χ1v) is 15.0. The molecule has 1 amide bonds. The van der Waals surface area contributed by atoms with Crippen LogP contribution in [-0.2, 0) is 4.74 Å². The quantitative estimate of drug-likeness (QED) is 0.333. The third-order valence-corrected chi connectivity index (χ3v) is 8.21. The minimum absolute atomic E-state index is 0.0499. The summed E-state index contributed by atoms with van der Waals surface area (Å²) in [6.07, 6.45) is 13.7. The zero-order valence-corrected chi connectivity index (χ0v) is 23.3. The molecular formula is C30H36N8O3. The van der Waals surface area contributed by atoms with E-state index < -0.39 is 0 Å². The highest BCUT2D eigenvalue weighted by molar-refractivity contribution is 6.05. The van der Waals surface area contributed by atoms with Crippen LogP contribution in [0.5, 0.6) is 0 Å². The Morgan fingerprint density at radius 1 is 0.902 bits per heavy atom. The molecule has 11 nitrogen and oxygen atoms in total. The third kappa shape index (κ3) is 5.50. The molecule has 1 atom stereocenters. The molecule has 0 aliphatic carbocycles. The van der Waals surface area contributed by atoms with Crippen molar-refractivity contribution in [3.8, 4) is 11.3 Å². The van der Waals surface area contributed by atoms with Gasteiger partial charge in [0.2, 0.25) is 5.65 Å². The number of anilines is 3. The first-order chi connectivity index (χ1) is 20.2. The number of hydrogen-bond acceptors (Lipinski definition) is 9. The van der Waals surface area contributed by atoms with Gasteiger partial charge in [-0.3, -0.25) is 4.79 Å². The van der Waals surface area contributed by atoms with Crippen LogP contribution in [0.15, 0.2) is 41.1 Å². The molecule has 7 rings (SSSR count). The molecule has 1 N–H and O–H groups in total. The summed E-state index contributed by atoms with van der Waals surface area (Å²) in [6, 6.07) is 7.93. The maximum atomic E-state index is 13.6. The van der Waals surface area contributed by atoms with E-state index >= 15 is 0 Å². The average molecular weight is 557 g/mol. The van der Waals surface area contributed by atoms with Crippen LogP contribution in [0, 0.1) is 0 Å². The molecule has 4 aromatic rings. The predicted molar refractivity (Wildman–Crippen MR) is 156 cm³/mol. The second kappa shape index (κ2) is 11.5. The van der Waals surface area contributed by atoms with Crippen molar-refractivity contribution >= 4 is 34.7 Å². The van der Waals surface area contributed by atoms with Gasteiger partial charge in [-0.05, 0) is 69.9 Å². The van der Waals surface area contributed by atoms with Gasteiger partial charge in [0.1, 0.15) is 11.9 Å². The fraction of sp³-hybridized carbons (Fsp3) is 0.500. The molecule has 0 aromatic carbocycles. The van der Waals surface area contributed by atoms with Gasteiger partial charge in [0.05, 0.1) is 17.6 Å². The van der Waals surface area contributed by atoms with Crippen LogP contribution in [0.3, 0.4) is 0 Å². The Balaban J connectivity index is 1.16. The van der Waals surface area contributed by atoms with Crippen LogP contribution < -0.4 is 15.1 Å². The van der Waals surface area contributed by atoms with Crippen LogP contribution in [0.1, 0.15) is 74.5 Å². The monoisotopic (exact) mass is 556 g/mol. The highest BCUT2D eigenvalue weighted by Gasteiger charge is 2.24. The van der Waals surface area contributed by atoms with Gasteiger partial charge < -0.3 is 24.3 Å². The van der Waals surface area contributed by atoms with E-state index in [1.165, 1.54) is 12.8 Å². The van der Waals surface area contributed by atoms with Crippen molar-refractivity contribution in [1.29, 1.82) is 0 Å². The molecule has 1 unspecified atom stereocenters. The zero-order chi connectivity index (χ0) is 27.6. The van der Waals surface area contributed by atoms with Gasteiger partial charge in [0, 0.05) is 50.6 Å². The fourth-order valence-corrected chi connectivity index (χ4v) is 5.97. The Morgan fingerprint density at radius 3 is 2.49 bits per heavy atom. The number of ether oxygens (including phenoxy) is 1. The van der Waals surface area contributed by atoms with Gasteiger partial charge in [0.15, 0.2) is 11.4 Å². The molecule has 3 fully saturated rings. The van der Waals surface area contributed by atoms with Gasteiger partial charge >= 0.3 is 0 Å². The molecular weight excluding hydrogens is 520 g/mol. The molecule has 0 spiro atoms. The normalized spacial score (nSPS) is 20.0. The number of oxazole rings is 1. The van der Waals surface area contributed by atoms with Gasteiger partial charge in [-0.25, -0.2) is 14.6 Å². The molecule has 4 aromatic heterocycles. The van der Waals surface area contributed by atoms with Crippen molar-refractivity contribution in [3.63, 3.8) is 0 Å². The fourth-order valence-electron chi connectivity index (χ4n) is 5.97. The van der Waals surface area contributed by atoms with Crippen LogP contribution in [-0.4, -0.2) is 63.4 Å². The second-order valence-electron chi connectivity index (χ2n) is 11.2. The Bertz CT molecular complexity index is 1510. The number of piperidine rings is 2. The van der Waals surface area contributed by atoms with Crippen molar-refractivity contribution in [2.75, 3.05) is 47.9 Å². The molecule has 41 heavy (non-hydrogen) atoms. The van der Waals surface area contributed by atoms with Crippen LogP contribution in [0.2, 0.25) is 0 Å². The molecule has 7 heterocycles. The predicted octanol–water partition coefficient (Wildman–Crippen LogP) is 5.41. The van der Waals surface area contributed by atoms with Crippen molar-refractivity contribution in [3.05, 3.63) is 42.4 Å². The highest BCUT2D eigenvalue weighted by Crippen LogP contribution is 2.33. The smallest absolute Gasteiger partial charge is 0.299 e. The molecule has 0 saturated carbocycles. The first kappa shape index (κ1) is 25.9. The Labute approximate surface area is 238 Å². The summed E-state index contributed by atoms with van der Waals surface area (Å²) < 4.78 is 13.9. The summed E-state index contributed by atoms with van der Waals surface area (Å²) in [5.41, 5.74) is 3.60. The topological polar surface area (TPSA) is 114 Å². The van der Waals surface area contributed by atoms with Gasteiger partial charge in [-0.1, -0.05) is 6.07 Å². The molecule has 0 radical (unpaired) electrons. The standard InChI is InChI=1S/C30H36N8O3/c39-29(23-11-9-10-22(32-23)21-19-31-38(20-21)26-12-3-8-17-40-26)33-24-18-25-27(34-28(24)36-13-4-1-5-14-36)35-30(41-25)37-15-6-2-7-16-37/h9-11,18-20,26H,1-8,12-17H2,(H,33,39). The number of amides is 1. The molecule has 3 saturated heterocycles. The molecule has 3 aliphatic heterocycles. The largest absolute Gasteiger partial charge is 0.422 e. The number of carbonyl (C=O) groups excluding carboxylic acids is 1. The summed E-state index contributed by atoms with van der Waals surface area (Å²) in [5, 5.41) is 7.60. The Hall–Kier alpha value is -3.99. The van der Waals surface area contributed by atoms with E-state index in [-0.39, 0.29) is 12.1 Å².